The maximum atomic E-state index is 15.2. The average Bonchev–Trinajstić information content (AvgIpc) is 3.71. The van der Waals surface area contributed by atoms with Crippen LogP contribution >= 0.6 is 0 Å². The molecule has 2 saturated carbocycles. The first-order valence-corrected chi connectivity index (χ1v) is 14.5. The van der Waals surface area contributed by atoms with Crippen molar-refractivity contribution in [1.29, 1.82) is 0 Å². The number of benzene rings is 3. The van der Waals surface area contributed by atoms with Crippen LogP contribution in [0.2, 0.25) is 0 Å². The van der Waals surface area contributed by atoms with Gasteiger partial charge in [0.2, 0.25) is 0 Å². The normalized spacial score (nSPS) is 19.0. The average molecular weight is 585 g/mol. The molecule has 1 N–H and O–H groups in total. The Labute approximate surface area is 243 Å². The molecular weight excluding hydrogens is 548 g/mol. The molecule has 2 unspecified atom stereocenters. The molecule has 3 aromatic carbocycles. The van der Waals surface area contributed by atoms with Gasteiger partial charge in [-0.05, 0) is 101 Å². The third kappa shape index (κ3) is 7.26. The van der Waals surface area contributed by atoms with Crippen LogP contribution in [0.5, 0.6) is 11.5 Å². The van der Waals surface area contributed by atoms with Crippen LogP contribution in [-0.2, 0) is 11.4 Å². The van der Waals surface area contributed by atoms with Crippen LogP contribution in [0.3, 0.4) is 0 Å². The maximum Gasteiger partial charge on any atom is 0.422 e. The molecule has 2 aliphatic carbocycles. The van der Waals surface area contributed by atoms with E-state index in [1.807, 2.05) is 42.5 Å². The topological polar surface area (TPSA) is 55.8 Å². The first-order chi connectivity index (χ1) is 19.9. The molecule has 42 heavy (non-hydrogen) atoms. The Hall–Kier alpha value is -3.55. The van der Waals surface area contributed by atoms with Crippen molar-refractivity contribution in [2.45, 2.75) is 77.0 Å². The summed E-state index contributed by atoms with van der Waals surface area (Å²) in [4.78, 5) is 11.4. The van der Waals surface area contributed by atoms with E-state index >= 15 is 4.39 Å². The predicted molar refractivity (Wildman–Crippen MR) is 152 cm³/mol. The number of halogens is 4. The van der Waals surface area contributed by atoms with E-state index in [0.717, 1.165) is 54.9 Å². The minimum atomic E-state index is -4.50. The molecule has 0 aliphatic heterocycles. The predicted octanol–water partition coefficient (Wildman–Crippen LogP) is 9.27. The molecule has 2 atom stereocenters. The van der Waals surface area contributed by atoms with Crippen LogP contribution < -0.4 is 9.47 Å². The van der Waals surface area contributed by atoms with Crippen LogP contribution in [0.4, 0.5) is 17.6 Å². The lowest BCUT2D eigenvalue weighted by Gasteiger charge is -2.30. The summed E-state index contributed by atoms with van der Waals surface area (Å²) in [6.45, 7) is 3.19. The summed E-state index contributed by atoms with van der Waals surface area (Å²) in [5, 5.41) is 9.39. The lowest BCUT2D eigenvalue weighted by Crippen LogP contribution is -2.19. The van der Waals surface area contributed by atoms with Crippen molar-refractivity contribution in [2.75, 3.05) is 6.61 Å². The number of carboxylic acids is 1. The molecule has 0 aromatic heterocycles. The zero-order chi connectivity index (χ0) is 30.1. The van der Waals surface area contributed by atoms with E-state index in [1.54, 1.807) is 0 Å². The van der Waals surface area contributed by atoms with E-state index in [2.05, 4.69) is 13.8 Å². The molecule has 5 rings (SSSR count). The van der Waals surface area contributed by atoms with Crippen molar-refractivity contribution < 1.29 is 36.9 Å². The summed E-state index contributed by atoms with van der Waals surface area (Å²) in [6, 6.07) is 17.0. The van der Waals surface area contributed by atoms with Gasteiger partial charge >= 0.3 is 12.1 Å². The molecule has 2 aliphatic rings. The van der Waals surface area contributed by atoms with Crippen molar-refractivity contribution in [2.24, 2.45) is 11.3 Å². The largest absolute Gasteiger partial charge is 0.489 e. The Morgan fingerprint density at radius 3 is 2.40 bits per heavy atom. The number of hydrogen-bond acceptors (Lipinski definition) is 3. The number of aliphatic carboxylic acids is 1. The second kappa shape index (κ2) is 12.0. The van der Waals surface area contributed by atoms with Crippen LogP contribution in [0.1, 0.15) is 80.9 Å². The zero-order valence-corrected chi connectivity index (χ0v) is 23.8. The SMILES string of the molecule is CC1(C)CCCC1c1cc(COc2cccc(C(CC(=O)O)C3CC3)c2)ccc1-c1cc(OCC(F)(F)F)ccc1F. The third-order valence-electron chi connectivity index (χ3n) is 8.66. The molecule has 0 bridgehead atoms. The van der Waals surface area contributed by atoms with E-state index in [1.165, 1.54) is 12.1 Å². The number of rotatable bonds is 11. The van der Waals surface area contributed by atoms with Crippen LogP contribution in [0.15, 0.2) is 60.7 Å². The van der Waals surface area contributed by atoms with Gasteiger partial charge in [0.05, 0.1) is 6.42 Å². The number of alkyl halides is 3. The highest BCUT2D eigenvalue weighted by Gasteiger charge is 2.37. The van der Waals surface area contributed by atoms with Gasteiger partial charge in [0.15, 0.2) is 6.61 Å². The smallest absolute Gasteiger partial charge is 0.422 e. The number of carboxylic acid groups (broad SMARTS) is 1. The Bertz CT molecular complexity index is 1430. The highest BCUT2D eigenvalue weighted by atomic mass is 19.4. The molecule has 0 amide bonds. The molecule has 0 radical (unpaired) electrons. The first kappa shape index (κ1) is 29.9. The van der Waals surface area contributed by atoms with Gasteiger partial charge in [-0.3, -0.25) is 4.79 Å². The fraction of sp³-hybridized carbons (Fsp3) is 0.441. The first-order valence-electron chi connectivity index (χ1n) is 14.5. The monoisotopic (exact) mass is 584 g/mol. The van der Waals surface area contributed by atoms with Crippen molar-refractivity contribution in [3.63, 3.8) is 0 Å². The molecule has 224 valence electrons. The standard InChI is InChI=1S/C34H36F4O4/c1-33(2)14-4-7-30(33)28-15-21(8-12-26(28)29-17-25(11-13-31(29)35)42-20-34(36,37)38)19-41-24-6-3-5-23(16-24)27(18-32(39)40)22-9-10-22/h3,5-6,8,11-13,15-17,22,27,30H,4,7,9-10,14,18-20H2,1-2H3,(H,39,40). The van der Waals surface area contributed by atoms with Gasteiger partial charge in [-0.2, -0.15) is 13.2 Å². The quantitative estimate of drug-likeness (QED) is 0.228. The molecule has 8 heteroatoms. The lowest BCUT2D eigenvalue weighted by molar-refractivity contribution is -0.153. The molecule has 4 nitrogen and oxygen atoms in total. The van der Waals surface area contributed by atoms with Crippen molar-refractivity contribution in [3.05, 3.63) is 83.2 Å². The van der Waals surface area contributed by atoms with Crippen LogP contribution in [-0.4, -0.2) is 23.9 Å². The van der Waals surface area contributed by atoms with E-state index in [4.69, 9.17) is 9.47 Å². The Kier molecular flexibility index (Phi) is 8.53. The van der Waals surface area contributed by atoms with E-state index < -0.39 is 24.6 Å². The Morgan fingerprint density at radius 1 is 0.976 bits per heavy atom. The molecule has 3 aromatic rings. The summed E-state index contributed by atoms with van der Waals surface area (Å²) < 4.78 is 64.5. The maximum absolute atomic E-state index is 15.2. The number of carbonyl (C=O) groups is 1. The Morgan fingerprint density at radius 2 is 1.74 bits per heavy atom. The van der Waals surface area contributed by atoms with Gasteiger partial charge in [-0.1, -0.05) is 50.6 Å². The molecule has 0 spiro atoms. The van der Waals surface area contributed by atoms with E-state index in [-0.39, 0.29) is 41.6 Å². The molecule has 0 saturated heterocycles. The van der Waals surface area contributed by atoms with E-state index in [9.17, 15) is 23.1 Å². The zero-order valence-electron chi connectivity index (χ0n) is 23.8. The second-order valence-electron chi connectivity index (χ2n) is 12.3. The van der Waals surface area contributed by atoms with Gasteiger partial charge in [0.25, 0.3) is 0 Å². The van der Waals surface area contributed by atoms with Gasteiger partial charge in [-0.25, -0.2) is 4.39 Å². The fourth-order valence-corrected chi connectivity index (χ4v) is 6.35. The van der Waals surface area contributed by atoms with Gasteiger partial charge in [-0.15, -0.1) is 0 Å². The summed E-state index contributed by atoms with van der Waals surface area (Å²) in [5.74, 6) is -0.249. The molecule has 0 heterocycles. The summed E-state index contributed by atoms with van der Waals surface area (Å²) in [7, 11) is 0. The minimum absolute atomic E-state index is 0.0349. The molecule has 2 fully saturated rings. The second-order valence-corrected chi connectivity index (χ2v) is 12.3. The highest BCUT2D eigenvalue weighted by Crippen LogP contribution is 2.51. The summed E-state index contributed by atoms with van der Waals surface area (Å²) >= 11 is 0. The molecular formula is C34H36F4O4. The van der Waals surface area contributed by atoms with Crippen LogP contribution in [0.25, 0.3) is 11.1 Å². The van der Waals surface area contributed by atoms with Gasteiger partial charge in [0.1, 0.15) is 23.9 Å². The van der Waals surface area contributed by atoms with Crippen molar-refractivity contribution in [3.8, 4) is 22.6 Å². The summed E-state index contributed by atoms with van der Waals surface area (Å²) in [5.41, 5.74) is 3.59. The lowest BCUT2D eigenvalue weighted by atomic mass is 9.75. The number of hydrogen-bond donors (Lipinski definition) is 1. The summed E-state index contributed by atoms with van der Waals surface area (Å²) in [6.07, 6.45) is 0.630. The van der Waals surface area contributed by atoms with Gasteiger partial charge in [0, 0.05) is 5.56 Å². The minimum Gasteiger partial charge on any atom is -0.489 e. The van der Waals surface area contributed by atoms with Gasteiger partial charge < -0.3 is 14.6 Å². The van der Waals surface area contributed by atoms with Crippen molar-refractivity contribution in [1.82, 2.24) is 0 Å². The van der Waals surface area contributed by atoms with Crippen LogP contribution in [0, 0.1) is 17.2 Å². The number of ether oxygens (including phenoxy) is 2. The van der Waals surface area contributed by atoms with Crippen molar-refractivity contribution >= 4 is 5.97 Å². The Balaban J connectivity index is 1.42. The third-order valence-corrected chi connectivity index (χ3v) is 8.66. The van der Waals surface area contributed by atoms with E-state index in [0.29, 0.717) is 17.2 Å². The highest BCUT2D eigenvalue weighted by molar-refractivity contribution is 5.71. The fourth-order valence-electron chi connectivity index (χ4n) is 6.35.